The molecule has 0 aliphatic carbocycles. The minimum atomic E-state index is 0.163. The maximum Gasteiger partial charge on any atom is 0.278 e. The predicted molar refractivity (Wildman–Crippen MR) is 106 cm³/mol. The first-order chi connectivity index (χ1) is 13.8. The van der Waals surface area contributed by atoms with Gasteiger partial charge in [-0.25, -0.2) is 0 Å². The van der Waals surface area contributed by atoms with E-state index in [2.05, 4.69) is 30.3 Å². The molecule has 1 amide bonds. The molecule has 0 radical (unpaired) electrons. The molecular weight excluding hydrogens is 352 g/mol. The lowest BCUT2D eigenvalue weighted by Crippen LogP contribution is -3.10. The number of furan rings is 2. The Morgan fingerprint density at radius 3 is 2.14 bits per heavy atom. The Bertz CT molecular complexity index is 863. The van der Waals surface area contributed by atoms with Crippen LogP contribution in [0.5, 0.6) is 0 Å². The van der Waals surface area contributed by atoms with E-state index in [1.807, 2.05) is 35.2 Å². The summed E-state index contributed by atoms with van der Waals surface area (Å²) in [6.45, 7) is 3.14. The zero-order valence-corrected chi connectivity index (χ0v) is 15.8. The van der Waals surface area contributed by atoms with Crippen LogP contribution >= 0.6 is 0 Å². The number of hydrogen-bond acceptors (Lipinski definition) is 3. The van der Waals surface area contributed by atoms with Crippen LogP contribution in [0.15, 0.2) is 82.0 Å². The highest BCUT2D eigenvalue weighted by atomic mass is 16.3. The zero-order chi connectivity index (χ0) is 19.2. The first kappa shape index (κ1) is 18.3. The molecular formula is C23H25N2O3+. The molecule has 1 aliphatic heterocycles. The molecule has 0 atom stereocenters. The second-order valence-corrected chi connectivity index (χ2v) is 7.12. The quantitative estimate of drug-likeness (QED) is 0.689. The maximum atomic E-state index is 12.9. The van der Waals surface area contributed by atoms with Gasteiger partial charge in [0.1, 0.15) is 13.1 Å². The molecule has 1 aromatic carbocycles. The van der Waals surface area contributed by atoms with E-state index in [0.29, 0.717) is 26.2 Å². The second-order valence-electron chi connectivity index (χ2n) is 7.12. The molecule has 1 aliphatic rings. The average molecular weight is 377 g/mol. The number of nitrogens with one attached hydrogen (secondary N) is 1. The third-order valence-corrected chi connectivity index (χ3v) is 5.12. The van der Waals surface area contributed by atoms with Gasteiger partial charge in [0.2, 0.25) is 0 Å². The summed E-state index contributed by atoms with van der Waals surface area (Å²) < 4.78 is 11.0. The molecule has 0 spiro atoms. The van der Waals surface area contributed by atoms with Crippen LogP contribution in [-0.4, -0.2) is 30.4 Å². The van der Waals surface area contributed by atoms with E-state index in [4.69, 9.17) is 8.83 Å². The Kier molecular flexibility index (Phi) is 5.73. The van der Waals surface area contributed by atoms with Crippen molar-refractivity contribution in [2.45, 2.75) is 19.5 Å². The zero-order valence-electron chi connectivity index (χ0n) is 15.8. The van der Waals surface area contributed by atoms with E-state index in [9.17, 15) is 4.79 Å². The number of rotatable bonds is 7. The number of quaternary nitrogens is 1. The number of carbonyl (C=O) groups excluding carboxylic acids is 1. The van der Waals surface area contributed by atoms with Crippen molar-refractivity contribution < 1.29 is 18.5 Å². The number of amides is 1. The molecule has 0 bridgehead atoms. The molecule has 4 rings (SSSR count). The Labute approximate surface area is 164 Å². The number of hydrogen-bond donors (Lipinski definition) is 1. The Morgan fingerprint density at radius 1 is 0.929 bits per heavy atom. The molecule has 5 heteroatoms. The van der Waals surface area contributed by atoms with Gasteiger partial charge in [0.15, 0.2) is 18.1 Å². The van der Waals surface area contributed by atoms with E-state index >= 15 is 0 Å². The first-order valence-corrected chi connectivity index (χ1v) is 9.68. The molecule has 0 unspecified atom stereocenters. The standard InChI is InChI=1S/C23H24N2O3/c26-23(25-12-10-20(11-13-25)19-6-2-1-3-7-19)18-24(16-21-8-4-14-27-21)17-22-9-5-15-28-22/h1-10,14-15H,11-13,16-18H2/p+1. The van der Waals surface area contributed by atoms with Gasteiger partial charge in [0.25, 0.3) is 5.91 Å². The highest BCUT2D eigenvalue weighted by Crippen LogP contribution is 2.21. The Morgan fingerprint density at radius 2 is 1.61 bits per heavy atom. The van der Waals surface area contributed by atoms with Gasteiger partial charge in [-0.15, -0.1) is 0 Å². The second kappa shape index (κ2) is 8.76. The van der Waals surface area contributed by atoms with Crippen molar-refractivity contribution in [3.63, 3.8) is 0 Å². The van der Waals surface area contributed by atoms with Crippen molar-refractivity contribution in [3.05, 3.63) is 90.3 Å². The largest absolute Gasteiger partial charge is 0.463 e. The van der Waals surface area contributed by atoms with Gasteiger partial charge in [0, 0.05) is 13.1 Å². The lowest BCUT2D eigenvalue weighted by molar-refractivity contribution is -0.921. The maximum absolute atomic E-state index is 12.9. The van der Waals surface area contributed by atoms with Gasteiger partial charge in [-0.2, -0.15) is 0 Å². The van der Waals surface area contributed by atoms with Crippen LogP contribution in [0.2, 0.25) is 0 Å². The molecule has 5 nitrogen and oxygen atoms in total. The lowest BCUT2D eigenvalue weighted by Gasteiger charge is -2.28. The van der Waals surface area contributed by atoms with E-state index in [0.717, 1.165) is 29.4 Å². The van der Waals surface area contributed by atoms with Crippen LogP contribution in [0.25, 0.3) is 5.57 Å². The summed E-state index contributed by atoms with van der Waals surface area (Å²) in [6, 6.07) is 18.0. The van der Waals surface area contributed by atoms with Gasteiger partial charge in [-0.3, -0.25) is 4.79 Å². The summed E-state index contributed by atoms with van der Waals surface area (Å²) in [4.78, 5) is 16.0. The van der Waals surface area contributed by atoms with Gasteiger partial charge in [0.05, 0.1) is 12.5 Å². The van der Waals surface area contributed by atoms with Gasteiger partial charge in [-0.05, 0) is 41.8 Å². The van der Waals surface area contributed by atoms with E-state index in [1.165, 1.54) is 11.1 Å². The number of nitrogens with zero attached hydrogens (tertiary/aromatic N) is 1. The van der Waals surface area contributed by atoms with E-state index < -0.39 is 0 Å². The third-order valence-electron chi connectivity index (χ3n) is 5.12. The molecule has 0 saturated carbocycles. The fourth-order valence-electron chi connectivity index (χ4n) is 3.64. The van der Waals surface area contributed by atoms with Crippen molar-refractivity contribution in [1.82, 2.24) is 4.90 Å². The van der Waals surface area contributed by atoms with Crippen molar-refractivity contribution in [2.24, 2.45) is 0 Å². The van der Waals surface area contributed by atoms with E-state index in [1.54, 1.807) is 12.5 Å². The normalized spacial score (nSPS) is 14.3. The summed E-state index contributed by atoms with van der Waals surface area (Å²) in [5.74, 6) is 1.91. The molecule has 144 valence electrons. The van der Waals surface area contributed by atoms with Gasteiger partial charge >= 0.3 is 0 Å². The van der Waals surface area contributed by atoms with Crippen LogP contribution in [0, 0.1) is 0 Å². The van der Waals surface area contributed by atoms with Crippen LogP contribution in [0.4, 0.5) is 0 Å². The topological polar surface area (TPSA) is 51.0 Å². The predicted octanol–water partition coefficient (Wildman–Crippen LogP) is 2.77. The monoisotopic (exact) mass is 377 g/mol. The van der Waals surface area contributed by atoms with Gasteiger partial charge < -0.3 is 18.6 Å². The van der Waals surface area contributed by atoms with Crippen LogP contribution < -0.4 is 4.90 Å². The van der Waals surface area contributed by atoms with Crippen molar-refractivity contribution in [3.8, 4) is 0 Å². The summed E-state index contributed by atoms with van der Waals surface area (Å²) in [5.41, 5.74) is 2.57. The first-order valence-electron chi connectivity index (χ1n) is 9.68. The van der Waals surface area contributed by atoms with Crippen LogP contribution in [0.1, 0.15) is 23.5 Å². The Balaban J connectivity index is 1.39. The Hall–Kier alpha value is -3.05. The lowest BCUT2D eigenvalue weighted by atomic mass is 9.99. The minimum Gasteiger partial charge on any atom is -0.463 e. The molecule has 0 fully saturated rings. The molecule has 3 aromatic rings. The average Bonchev–Trinajstić information content (AvgIpc) is 3.43. The molecule has 3 heterocycles. The summed E-state index contributed by atoms with van der Waals surface area (Å²) in [7, 11) is 0. The molecule has 0 saturated heterocycles. The highest BCUT2D eigenvalue weighted by Gasteiger charge is 2.24. The van der Waals surface area contributed by atoms with Crippen molar-refractivity contribution >= 4 is 11.5 Å². The molecule has 1 N–H and O–H groups in total. The third kappa shape index (κ3) is 4.61. The van der Waals surface area contributed by atoms with E-state index in [-0.39, 0.29) is 5.91 Å². The molecule has 28 heavy (non-hydrogen) atoms. The van der Waals surface area contributed by atoms with Crippen molar-refractivity contribution in [2.75, 3.05) is 19.6 Å². The summed E-state index contributed by atoms with van der Waals surface area (Å²) >= 11 is 0. The minimum absolute atomic E-state index is 0.163. The van der Waals surface area contributed by atoms with Crippen molar-refractivity contribution in [1.29, 1.82) is 0 Å². The summed E-state index contributed by atoms with van der Waals surface area (Å²) in [5, 5.41) is 0. The highest BCUT2D eigenvalue weighted by molar-refractivity contribution is 5.79. The smallest absolute Gasteiger partial charge is 0.278 e. The van der Waals surface area contributed by atoms with Gasteiger partial charge in [-0.1, -0.05) is 36.4 Å². The fourth-order valence-corrected chi connectivity index (χ4v) is 3.64. The summed E-state index contributed by atoms with van der Waals surface area (Å²) in [6.07, 6.45) is 6.40. The molecule has 2 aromatic heterocycles. The number of benzene rings is 1. The fraction of sp³-hybridized carbons (Fsp3) is 0.261. The number of carbonyl (C=O) groups is 1. The van der Waals surface area contributed by atoms with Crippen LogP contribution in [0.3, 0.4) is 0 Å². The SMILES string of the molecule is O=C(C[NH+](Cc1ccco1)Cc1ccco1)N1CC=C(c2ccccc2)CC1. The van der Waals surface area contributed by atoms with Crippen LogP contribution in [-0.2, 0) is 17.9 Å².